The van der Waals surface area contributed by atoms with Crippen molar-refractivity contribution in [3.8, 4) is 0 Å². The summed E-state index contributed by atoms with van der Waals surface area (Å²) < 4.78 is 32.1. The number of esters is 1. The smallest absolute Gasteiger partial charge is 0.362 e. The molecular formula is C12H10F2N2O3. The Balaban J connectivity index is 2.92. The van der Waals surface area contributed by atoms with Crippen molar-refractivity contribution in [3.63, 3.8) is 0 Å². The van der Waals surface area contributed by atoms with E-state index in [0.29, 0.717) is 0 Å². The van der Waals surface area contributed by atoms with Crippen LogP contribution in [0.15, 0.2) is 16.9 Å². The van der Waals surface area contributed by atoms with Gasteiger partial charge in [0.05, 0.1) is 18.0 Å². The summed E-state index contributed by atoms with van der Waals surface area (Å²) in [4.78, 5) is 23.4. The molecule has 100 valence electrons. The highest BCUT2D eigenvalue weighted by atomic mass is 19.2. The maximum Gasteiger partial charge on any atom is 0.362 e. The molecule has 0 aliphatic rings. The number of hydrogen-bond donors (Lipinski definition) is 0. The maximum absolute atomic E-state index is 13.2. The van der Waals surface area contributed by atoms with Crippen LogP contribution in [-0.2, 0) is 11.3 Å². The summed E-state index contributed by atoms with van der Waals surface area (Å²) in [6.07, 6.45) is 0. The second-order valence-corrected chi connectivity index (χ2v) is 3.77. The number of carbonyl (C=O) groups is 1. The lowest BCUT2D eigenvalue weighted by molar-refractivity contribution is 0.0590. The van der Waals surface area contributed by atoms with Crippen LogP contribution in [0.5, 0.6) is 0 Å². The number of fused-ring (bicyclic) bond motifs is 1. The minimum atomic E-state index is -1.16. The Labute approximate surface area is 106 Å². The van der Waals surface area contributed by atoms with Gasteiger partial charge in [-0.1, -0.05) is 0 Å². The number of methoxy groups -OCH3 is 1. The van der Waals surface area contributed by atoms with Gasteiger partial charge in [0.25, 0.3) is 0 Å². The van der Waals surface area contributed by atoms with E-state index in [1.165, 1.54) is 4.68 Å². The van der Waals surface area contributed by atoms with Gasteiger partial charge < -0.3 is 4.74 Å². The van der Waals surface area contributed by atoms with Crippen molar-refractivity contribution in [2.75, 3.05) is 7.11 Å². The Hall–Kier alpha value is -2.31. The Morgan fingerprint density at radius 3 is 2.58 bits per heavy atom. The third kappa shape index (κ3) is 2.07. The molecule has 5 nitrogen and oxygen atoms in total. The third-order valence-corrected chi connectivity index (χ3v) is 2.68. The molecule has 1 aromatic heterocycles. The first-order valence-corrected chi connectivity index (χ1v) is 5.47. The predicted molar refractivity (Wildman–Crippen MR) is 62.9 cm³/mol. The fourth-order valence-corrected chi connectivity index (χ4v) is 1.75. The van der Waals surface area contributed by atoms with Crippen LogP contribution >= 0.6 is 0 Å². The summed E-state index contributed by atoms with van der Waals surface area (Å²) in [5.41, 5.74) is -1.12. The number of halogens is 2. The van der Waals surface area contributed by atoms with Gasteiger partial charge in [0.1, 0.15) is 0 Å². The molecule has 0 amide bonds. The number of rotatable bonds is 2. The molecule has 2 aromatic rings. The Kier molecular flexibility index (Phi) is 3.28. The van der Waals surface area contributed by atoms with E-state index in [4.69, 9.17) is 0 Å². The highest BCUT2D eigenvalue weighted by molar-refractivity contribution is 5.91. The van der Waals surface area contributed by atoms with Crippen molar-refractivity contribution in [2.45, 2.75) is 13.5 Å². The molecule has 0 aliphatic heterocycles. The van der Waals surface area contributed by atoms with Crippen molar-refractivity contribution in [1.82, 2.24) is 9.78 Å². The molecule has 2 rings (SSSR count). The molecule has 7 heteroatoms. The number of ether oxygens (including phenoxy) is 1. The summed E-state index contributed by atoms with van der Waals surface area (Å²) in [6.45, 7) is 1.98. The van der Waals surface area contributed by atoms with Gasteiger partial charge in [-0.25, -0.2) is 13.6 Å². The van der Waals surface area contributed by atoms with Gasteiger partial charge in [0.2, 0.25) is 11.1 Å². The Bertz CT molecular complexity index is 725. The summed E-state index contributed by atoms with van der Waals surface area (Å²) in [5, 5.41) is 3.69. The topological polar surface area (TPSA) is 61.2 Å². The average molecular weight is 268 g/mol. The van der Waals surface area contributed by atoms with Crippen LogP contribution < -0.4 is 5.43 Å². The van der Waals surface area contributed by atoms with Gasteiger partial charge in [-0.3, -0.25) is 9.48 Å². The van der Waals surface area contributed by atoms with Gasteiger partial charge in [0, 0.05) is 12.6 Å². The van der Waals surface area contributed by atoms with Gasteiger partial charge in [-0.05, 0) is 13.0 Å². The first kappa shape index (κ1) is 13.1. The molecular weight excluding hydrogens is 258 g/mol. The summed E-state index contributed by atoms with van der Waals surface area (Å²) in [5.74, 6) is -3.16. The fraction of sp³-hybridized carbons (Fsp3) is 0.250. The van der Waals surface area contributed by atoms with Gasteiger partial charge in [0.15, 0.2) is 11.6 Å². The first-order chi connectivity index (χ1) is 8.99. The molecule has 0 fully saturated rings. The third-order valence-electron chi connectivity index (χ3n) is 2.68. The van der Waals surface area contributed by atoms with E-state index in [1.807, 2.05) is 0 Å². The van der Waals surface area contributed by atoms with E-state index in [0.717, 1.165) is 19.2 Å². The highest BCUT2D eigenvalue weighted by Crippen LogP contribution is 2.15. The second kappa shape index (κ2) is 4.75. The zero-order chi connectivity index (χ0) is 14.2. The molecule has 0 unspecified atom stereocenters. The van der Waals surface area contributed by atoms with Crippen LogP contribution in [0.4, 0.5) is 8.78 Å². The number of carbonyl (C=O) groups excluding carboxylic acids is 1. The SMILES string of the molecule is CCn1nc(C(=O)OC)c(=O)c2cc(F)c(F)cc21. The van der Waals surface area contributed by atoms with E-state index < -0.39 is 28.7 Å². The van der Waals surface area contributed by atoms with Crippen LogP contribution in [0.25, 0.3) is 10.9 Å². The quantitative estimate of drug-likeness (QED) is 0.774. The molecule has 0 bridgehead atoms. The molecule has 0 spiro atoms. The molecule has 0 saturated heterocycles. The summed E-state index contributed by atoms with van der Waals surface area (Å²) in [6, 6.07) is 1.64. The first-order valence-electron chi connectivity index (χ1n) is 5.47. The van der Waals surface area contributed by atoms with Crippen LogP contribution in [0.1, 0.15) is 17.4 Å². The minimum absolute atomic E-state index is 0.115. The van der Waals surface area contributed by atoms with Crippen LogP contribution in [0.2, 0.25) is 0 Å². The number of aryl methyl sites for hydroxylation is 1. The number of benzene rings is 1. The van der Waals surface area contributed by atoms with E-state index in [2.05, 4.69) is 9.84 Å². The standard InChI is InChI=1S/C12H10F2N2O3/c1-3-16-9-5-8(14)7(13)4-6(9)11(17)10(15-16)12(18)19-2/h4-5H,3H2,1-2H3. The number of nitrogens with zero attached hydrogens (tertiary/aromatic N) is 2. The molecule has 0 N–H and O–H groups in total. The molecule has 0 saturated carbocycles. The van der Waals surface area contributed by atoms with Crippen molar-refractivity contribution in [1.29, 1.82) is 0 Å². The van der Waals surface area contributed by atoms with E-state index >= 15 is 0 Å². The van der Waals surface area contributed by atoms with Gasteiger partial charge >= 0.3 is 5.97 Å². The zero-order valence-electron chi connectivity index (χ0n) is 10.2. The lowest BCUT2D eigenvalue weighted by Gasteiger charge is -2.09. The van der Waals surface area contributed by atoms with Crippen LogP contribution in [-0.4, -0.2) is 22.9 Å². The van der Waals surface area contributed by atoms with Gasteiger partial charge in [-0.2, -0.15) is 5.10 Å². The van der Waals surface area contributed by atoms with E-state index in [9.17, 15) is 18.4 Å². The Morgan fingerprint density at radius 2 is 2.00 bits per heavy atom. The fourth-order valence-electron chi connectivity index (χ4n) is 1.75. The zero-order valence-corrected chi connectivity index (χ0v) is 10.2. The van der Waals surface area contributed by atoms with Crippen molar-refractivity contribution in [2.24, 2.45) is 0 Å². The Morgan fingerprint density at radius 1 is 1.37 bits per heavy atom. The monoisotopic (exact) mass is 268 g/mol. The number of hydrogen-bond acceptors (Lipinski definition) is 4. The molecule has 0 atom stereocenters. The molecule has 1 aromatic carbocycles. The molecule has 0 aliphatic carbocycles. The molecule has 19 heavy (non-hydrogen) atoms. The normalized spacial score (nSPS) is 10.7. The highest BCUT2D eigenvalue weighted by Gasteiger charge is 2.19. The number of aromatic nitrogens is 2. The molecule has 0 radical (unpaired) electrons. The lowest BCUT2D eigenvalue weighted by atomic mass is 10.2. The minimum Gasteiger partial charge on any atom is -0.464 e. The second-order valence-electron chi connectivity index (χ2n) is 3.77. The largest absolute Gasteiger partial charge is 0.464 e. The van der Waals surface area contributed by atoms with Crippen LogP contribution in [0.3, 0.4) is 0 Å². The van der Waals surface area contributed by atoms with Crippen LogP contribution in [0, 0.1) is 11.6 Å². The van der Waals surface area contributed by atoms with Gasteiger partial charge in [-0.15, -0.1) is 0 Å². The lowest BCUT2D eigenvalue weighted by Crippen LogP contribution is -2.24. The molecule has 1 heterocycles. The van der Waals surface area contributed by atoms with Crippen molar-refractivity contribution >= 4 is 16.9 Å². The summed E-state index contributed by atoms with van der Waals surface area (Å²) >= 11 is 0. The average Bonchev–Trinajstić information content (AvgIpc) is 2.41. The van der Waals surface area contributed by atoms with E-state index in [1.54, 1.807) is 6.92 Å². The maximum atomic E-state index is 13.2. The van der Waals surface area contributed by atoms with Crippen molar-refractivity contribution in [3.05, 3.63) is 39.7 Å². The summed E-state index contributed by atoms with van der Waals surface area (Å²) in [7, 11) is 1.11. The predicted octanol–water partition coefficient (Wildman–Crippen LogP) is 1.48. The van der Waals surface area contributed by atoms with Crippen molar-refractivity contribution < 1.29 is 18.3 Å². The van der Waals surface area contributed by atoms with E-state index in [-0.39, 0.29) is 17.4 Å².